The lowest BCUT2D eigenvalue weighted by Crippen LogP contribution is -2.11. The van der Waals surface area contributed by atoms with E-state index in [0.717, 1.165) is 28.3 Å². The van der Waals surface area contributed by atoms with Crippen molar-refractivity contribution >= 4 is 58.0 Å². The SMILES string of the molecule is COc1ccc(N=c2scc(-c3ccc(Cl)cc3Cl)n2N=Cc2c(C)nn(Cc3ccc(F)cc3)c2Cl)cc1. The van der Waals surface area contributed by atoms with E-state index in [1.54, 1.807) is 46.9 Å². The normalized spacial score (nSPS) is 12.0. The van der Waals surface area contributed by atoms with Crippen molar-refractivity contribution in [3.05, 3.63) is 115 Å². The molecule has 5 rings (SSSR count). The molecule has 39 heavy (non-hydrogen) atoms. The second kappa shape index (κ2) is 11.8. The van der Waals surface area contributed by atoms with Crippen molar-refractivity contribution in [1.82, 2.24) is 14.5 Å². The fourth-order valence-electron chi connectivity index (χ4n) is 3.84. The molecule has 0 bridgehead atoms. The summed E-state index contributed by atoms with van der Waals surface area (Å²) < 4.78 is 21.9. The number of halogens is 4. The third-order valence-corrected chi connectivity index (χ3v) is 7.61. The number of thiazole rings is 1. The Morgan fingerprint density at radius 1 is 1.03 bits per heavy atom. The number of ether oxygens (including phenoxy) is 1. The van der Waals surface area contributed by atoms with Crippen LogP contribution in [-0.2, 0) is 6.54 Å². The van der Waals surface area contributed by atoms with Crippen LogP contribution in [0.2, 0.25) is 15.2 Å². The van der Waals surface area contributed by atoms with Crippen molar-refractivity contribution in [3.8, 4) is 17.0 Å². The number of nitrogens with zero attached hydrogens (tertiary/aromatic N) is 5. The van der Waals surface area contributed by atoms with Crippen LogP contribution in [0.3, 0.4) is 0 Å². The average Bonchev–Trinajstić information content (AvgIpc) is 3.43. The number of rotatable bonds is 7. The van der Waals surface area contributed by atoms with E-state index in [9.17, 15) is 4.39 Å². The summed E-state index contributed by atoms with van der Waals surface area (Å²) in [6.07, 6.45) is 1.65. The van der Waals surface area contributed by atoms with Crippen molar-refractivity contribution in [2.75, 3.05) is 7.11 Å². The van der Waals surface area contributed by atoms with E-state index in [-0.39, 0.29) is 5.82 Å². The third-order valence-electron chi connectivity index (χ3n) is 5.85. The van der Waals surface area contributed by atoms with E-state index in [0.29, 0.717) is 37.8 Å². The summed E-state index contributed by atoms with van der Waals surface area (Å²) in [7, 11) is 1.62. The Hall–Kier alpha value is -3.43. The highest BCUT2D eigenvalue weighted by Crippen LogP contribution is 2.31. The number of methoxy groups -OCH3 is 1. The summed E-state index contributed by atoms with van der Waals surface area (Å²) in [5.74, 6) is 0.442. The van der Waals surface area contributed by atoms with Crippen molar-refractivity contribution in [2.24, 2.45) is 10.1 Å². The largest absolute Gasteiger partial charge is 0.497 e. The van der Waals surface area contributed by atoms with Gasteiger partial charge in [0.25, 0.3) is 0 Å². The minimum atomic E-state index is -0.297. The molecule has 6 nitrogen and oxygen atoms in total. The summed E-state index contributed by atoms with van der Waals surface area (Å²) in [4.78, 5) is 5.41. The first-order chi connectivity index (χ1) is 18.8. The average molecular weight is 601 g/mol. The second-order valence-corrected chi connectivity index (χ2v) is 10.5. The van der Waals surface area contributed by atoms with Crippen molar-refractivity contribution in [3.63, 3.8) is 0 Å². The lowest BCUT2D eigenvalue weighted by atomic mass is 10.2. The quantitative estimate of drug-likeness (QED) is 0.178. The fraction of sp³-hybridized carbons (Fsp3) is 0.107. The van der Waals surface area contributed by atoms with Gasteiger partial charge in [0.1, 0.15) is 16.7 Å². The second-order valence-electron chi connectivity index (χ2n) is 8.47. The molecule has 0 aliphatic carbocycles. The van der Waals surface area contributed by atoms with E-state index in [1.165, 1.54) is 23.5 Å². The van der Waals surface area contributed by atoms with Gasteiger partial charge in [-0.25, -0.2) is 18.7 Å². The molecule has 0 saturated heterocycles. The molecule has 0 spiro atoms. The Balaban J connectivity index is 1.57. The van der Waals surface area contributed by atoms with Crippen LogP contribution in [0.4, 0.5) is 10.1 Å². The maximum atomic E-state index is 13.3. The van der Waals surface area contributed by atoms with Gasteiger partial charge in [-0.05, 0) is 67.1 Å². The van der Waals surface area contributed by atoms with Gasteiger partial charge in [-0.3, -0.25) is 0 Å². The molecule has 2 heterocycles. The maximum absolute atomic E-state index is 13.3. The van der Waals surface area contributed by atoms with Crippen LogP contribution in [0.25, 0.3) is 11.3 Å². The van der Waals surface area contributed by atoms with E-state index < -0.39 is 0 Å². The molecule has 0 unspecified atom stereocenters. The van der Waals surface area contributed by atoms with Gasteiger partial charge >= 0.3 is 0 Å². The van der Waals surface area contributed by atoms with Crippen molar-refractivity contribution in [1.29, 1.82) is 0 Å². The molecular formula is C28H21Cl3FN5OS. The molecule has 0 saturated carbocycles. The summed E-state index contributed by atoms with van der Waals surface area (Å²) in [5, 5.41) is 12.7. The predicted molar refractivity (Wildman–Crippen MR) is 156 cm³/mol. The number of aryl methyl sites for hydroxylation is 1. The molecule has 0 fully saturated rings. The first kappa shape index (κ1) is 27.1. The zero-order valence-electron chi connectivity index (χ0n) is 20.8. The van der Waals surface area contributed by atoms with Gasteiger partial charge in [-0.1, -0.05) is 46.9 Å². The Labute approximate surface area is 243 Å². The highest BCUT2D eigenvalue weighted by Gasteiger charge is 2.15. The van der Waals surface area contributed by atoms with E-state index >= 15 is 0 Å². The topological polar surface area (TPSA) is 56.7 Å². The molecule has 3 aromatic carbocycles. The van der Waals surface area contributed by atoms with Gasteiger partial charge in [0, 0.05) is 16.0 Å². The van der Waals surface area contributed by atoms with Crippen LogP contribution in [0.5, 0.6) is 5.75 Å². The molecule has 0 atom stereocenters. The van der Waals surface area contributed by atoms with E-state index in [1.807, 2.05) is 42.6 Å². The summed E-state index contributed by atoms with van der Waals surface area (Å²) in [6.45, 7) is 2.25. The molecule has 198 valence electrons. The van der Waals surface area contributed by atoms with Gasteiger partial charge in [-0.15, -0.1) is 11.3 Å². The lowest BCUT2D eigenvalue weighted by molar-refractivity contribution is 0.415. The lowest BCUT2D eigenvalue weighted by Gasteiger charge is -2.06. The standard InChI is InChI=1S/C28H21Cl3FN5OS/c1-17-24(27(31)36(35-17)15-18-3-6-20(32)7-4-18)14-33-37-26(23-12-5-19(29)13-25(23)30)16-39-28(37)34-21-8-10-22(38-2)11-9-21/h3-14,16H,15H2,1-2H3. The van der Waals surface area contributed by atoms with E-state index in [4.69, 9.17) is 49.6 Å². The molecule has 11 heteroatoms. The van der Waals surface area contributed by atoms with Gasteiger partial charge in [0.15, 0.2) is 0 Å². The number of hydrogen-bond donors (Lipinski definition) is 0. The van der Waals surface area contributed by atoms with Gasteiger partial charge in [-0.2, -0.15) is 10.2 Å². The third kappa shape index (κ3) is 6.09. The van der Waals surface area contributed by atoms with Gasteiger partial charge in [0.05, 0.1) is 47.5 Å². The number of hydrogen-bond acceptors (Lipinski definition) is 5. The minimum Gasteiger partial charge on any atom is -0.497 e. The van der Waals surface area contributed by atoms with Crippen LogP contribution < -0.4 is 9.54 Å². The Bertz CT molecular complexity index is 1720. The Morgan fingerprint density at radius 3 is 2.46 bits per heavy atom. The van der Waals surface area contributed by atoms with Gasteiger partial charge in [0.2, 0.25) is 4.80 Å². The van der Waals surface area contributed by atoms with Crippen LogP contribution >= 0.6 is 46.1 Å². The molecule has 0 aliphatic heterocycles. The van der Waals surface area contributed by atoms with Gasteiger partial charge < -0.3 is 4.74 Å². The highest BCUT2D eigenvalue weighted by molar-refractivity contribution is 7.07. The van der Waals surface area contributed by atoms with Crippen LogP contribution in [-0.4, -0.2) is 27.8 Å². The van der Waals surface area contributed by atoms with E-state index in [2.05, 4.69) is 5.10 Å². The monoisotopic (exact) mass is 599 g/mol. The molecule has 0 amide bonds. The summed E-state index contributed by atoms with van der Waals surface area (Å²) in [6, 6.07) is 18.9. The fourth-order valence-corrected chi connectivity index (χ4v) is 5.47. The van der Waals surface area contributed by atoms with Crippen molar-refractivity contribution < 1.29 is 9.13 Å². The van der Waals surface area contributed by atoms with Crippen LogP contribution in [0.15, 0.2) is 82.2 Å². The van der Waals surface area contributed by atoms with Crippen LogP contribution in [0, 0.1) is 12.7 Å². The molecule has 2 aromatic heterocycles. The van der Waals surface area contributed by atoms with Crippen LogP contribution in [0.1, 0.15) is 16.8 Å². The molecule has 0 aliphatic rings. The summed E-state index contributed by atoms with van der Waals surface area (Å²) in [5.41, 5.74) is 4.44. The smallest absolute Gasteiger partial charge is 0.211 e. The number of aromatic nitrogens is 3. The Morgan fingerprint density at radius 2 is 1.77 bits per heavy atom. The predicted octanol–water partition coefficient (Wildman–Crippen LogP) is 7.99. The first-order valence-electron chi connectivity index (χ1n) is 11.7. The molecule has 0 N–H and O–H groups in total. The zero-order valence-corrected chi connectivity index (χ0v) is 23.9. The van der Waals surface area contributed by atoms with Crippen molar-refractivity contribution in [2.45, 2.75) is 13.5 Å². The first-order valence-corrected chi connectivity index (χ1v) is 13.7. The minimum absolute atomic E-state index is 0.297. The molecule has 0 radical (unpaired) electrons. The molecular weight excluding hydrogens is 580 g/mol. The number of benzene rings is 3. The summed E-state index contributed by atoms with van der Waals surface area (Å²) >= 11 is 20.8. The zero-order chi connectivity index (χ0) is 27.5. The maximum Gasteiger partial charge on any atom is 0.211 e. The molecule has 5 aromatic rings. The Kier molecular flexibility index (Phi) is 8.18. The highest BCUT2D eigenvalue weighted by atomic mass is 35.5.